The van der Waals surface area contributed by atoms with Crippen molar-refractivity contribution in [2.24, 2.45) is 0 Å². The molecule has 0 radical (unpaired) electrons. The highest BCUT2D eigenvalue weighted by Crippen LogP contribution is 1.83. The molecule has 0 aliphatic heterocycles. The molecule has 0 aliphatic carbocycles. The van der Waals surface area contributed by atoms with Crippen molar-refractivity contribution in [3.05, 3.63) is 0 Å². The highest BCUT2D eigenvalue weighted by atomic mass is 16.6. The molecule has 0 aromatic rings. The third-order valence-electron chi connectivity index (χ3n) is 2.50. The molecule has 136 valence electrons. The Kier molecular flexibility index (Phi) is 16.0. The van der Waals surface area contributed by atoms with Crippen LogP contribution in [0.2, 0.25) is 0 Å². The van der Waals surface area contributed by atoms with Crippen molar-refractivity contribution in [2.45, 2.75) is 26.7 Å². The van der Waals surface area contributed by atoms with Gasteiger partial charge in [-0.2, -0.15) is 0 Å². The van der Waals surface area contributed by atoms with Gasteiger partial charge < -0.3 is 29.6 Å². The molecule has 23 heavy (non-hydrogen) atoms. The average Bonchev–Trinajstić information content (AvgIpc) is 2.55. The van der Waals surface area contributed by atoms with Crippen molar-refractivity contribution in [2.75, 3.05) is 59.3 Å². The van der Waals surface area contributed by atoms with E-state index in [0.717, 1.165) is 19.4 Å². The molecular formula is C15H30N2O6. The topological polar surface area (TPSA) is 95.1 Å². The monoisotopic (exact) mass is 334 g/mol. The first-order valence-corrected chi connectivity index (χ1v) is 8.11. The molecule has 0 bridgehead atoms. The average molecular weight is 334 g/mol. The van der Waals surface area contributed by atoms with Crippen molar-refractivity contribution < 1.29 is 28.5 Å². The third kappa shape index (κ3) is 16.8. The van der Waals surface area contributed by atoms with Gasteiger partial charge in [0.05, 0.1) is 26.4 Å². The van der Waals surface area contributed by atoms with Crippen LogP contribution in [0.3, 0.4) is 0 Å². The molecule has 8 nitrogen and oxygen atoms in total. The Bertz CT molecular complexity index is 302. The van der Waals surface area contributed by atoms with Crippen molar-refractivity contribution in [3.63, 3.8) is 0 Å². The second kappa shape index (κ2) is 17.0. The van der Waals surface area contributed by atoms with Gasteiger partial charge >= 0.3 is 6.09 Å². The molecule has 0 rings (SSSR count). The van der Waals surface area contributed by atoms with E-state index in [-0.39, 0.29) is 25.7 Å². The lowest BCUT2D eigenvalue weighted by Crippen LogP contribution is -2.31. The summed E-state index contributed by atoms with van der Waals surface area (Å²) in [5.41, 5.74) is 0. The van der Waals surface area contributed by atoms with Gasteiger partial charge in [-0.15, -0.1) is 0 Å². The summed E-state index contributed by atoms with van der Waals surface area (Å²) >= 11 is 0. The predicted molar refractivity (Wildman–Crippen MR) is 85.4 cm³/mol. The van der Waals surface area contributed by atoms with Crippen molar-refractivity contribution in [1.29, 1.82) is 0 Å². The summed E-state index contributed by atoms with van der Waals surface area (Å²) in [6.45, 7) is 7.48. The lowest BCUT2D eigenvalue weighted by atomic mass is 10.5. The Labute approximate surface area is 138 Å². The van der Waals surface area contributed by atoms with Crippen LogP contribution in [-0.2, 0) is 23.7 Å². The van der Waals surface area contributed by atoms with Gasteiger partial charge in [0.1, 0.15) is 13.2 Å². The van der Waals surface area contributed by atoms with Crippen molar-refractivity contribution in [3.8, 4) is 0 Å². The van der Waals surface area contributed by atoms with E-state index in [1.54, 1.807) is 0 Å². The van der Waals surface area contributed by atoms with Crippen molar-refractivity contribution in [1.82, 2.24) is 10.6 Å². The Morgan fingerprint density at radius 1 is 0.739 bits per heavy atom. The van der Waals surface area contributed by atoms with Gasteiger partial charge in [0.25, 0.3) is 0 Å². The minimum Gasteiger partial charge on any atom is -0.447 e. The van der Waals surface area contributed by atoms with Crippen LogP contribution >= 0.6 is 0 Å². The molecule has 0 aliphatic rings. The van der Waals surface area contributed by atoms with E-state index in [4.69, 9.17) is 18.9 Å². The number of ether oxygens (including phenoxy) is 4. The first-order chi connectivity index (χ1) is 11.2. The minimum absolute atomic E-state index is 0.0699. The van der Waals surface area contributed by atoms with Crippen LogP contribution < -0.4 is 10.6 Å². The molecule has 0 heterocycles. The van der Waals surface area contributed by atoms with Gasteiger partial charge in [0, 0.05) is 19.7 Å². The zero-order chi connectivity index (χ0) is 17.2. The number of amides is 2. The van der Waals surface area contributed by atoms with E-state index in [1.807, 2.05) is 13.8 Å². The van der Waals surface area contributed by atoms with Crippen LogP contribution in [0.25, 0.3) is 0 Å². The van der Waals surface area contributed by atoms with Crippen LogP contribution in [0.1, 0.15) is 26.7 Å². The number of carbonyl (C=O) groups excluding carboxylic acids is 2. The normalized spacial score (nSPS) is 10.3. The number of carbonyl (C=O) groups is 2. The van der Waals surface area contributed by atoms with E-state index in [9.17, 15) is 9.59 Å². The summed E-state index contributed by atoms with van der Waals surface area (Å²) in [5.74, 6) is -0.230. The van der Waals surface area contributed by atoms with Gasteiger partial charge in [0.15, 0.2) is 0 Å². The van der Waals surface area contributed by atoms with Crippen LogP contribution in [0.5, 0.6) is 0 Å². The second-order valence-electron chi connectivity index (χ2n) is 4.69. The predicted octanol–water partition coefficient (Wildman–Crippen LogP) is 0.699. The molecule has 0 aromatic heterocycles. The fraction of sp³-hybridized carbons (Fsp3) is 0.867. The summed E-state index contributed by atoms with van der Waals surface area (Å²) in [6.07, 6.45) is 1.37. The molecule has 0 saturated heterocycles. The smallest absolute Gasteiger partial charge is 0.407 e. The SMILES string of the molecule is CCCNC(=O)OCCOCC(=O)NCCOCCOCCC. The van der Waals surface area contributed by atoms with Crippen LogP contribution in [-0.4, -0.2) is 71.3 Å². The first kappa shape index (κ1) is 21.6. The molecule has 0 aromatic carbocycles. The zero-order valence-corrected chi connectivity index (χ0v) is 14.2. The maximum atomic E-state index is 11.4. The Morgan fingerprint density at radius 2 is 1.43 bits per heavy atom. The number of hydrogen-bond acceptors (Lipinski definition) is 6. The van der Waals surface area contributed by atoms with Crippen LogP contribution in [0.15, 0.2) is 0 Å². The highest BCUT2D eigenvalue weighted by Gasteiger charge is 2.02. The molecule has 2 N–H and O–H groups in total. The van der Waals surface area contributed by atoms with Gasteiger partial charge in [-0.25, -0.2) is 4.79 Å². The second-order valence-corrected chi connectivity index (χ2v) is 4.69. The molecule has 0 unspecified atom stereocenters. The van der Waals surface area contributed by atoms with E-state index in [1.165, 1.54) is 0 Å². The Hall–Kier alpha value is -1.38. The molecule has 0 fully saturated rings. The molecule has 0 spiro atoms. The van der Waals surface area contributed by atoms with E-state index in [2.05, 4.69) is 10.6 Å². The lowest BCUT2D eigenvalue weighted by molar-refractivity contribution is -0.126. The summed E-state index contributed by atoms with van der Waals surface area (Å²) in [5, 5.41) is 5.23. The summed E-state index contributed by atoms with van der Waals surface area (Å²) < 4.78 is 20.5. The molecule has 0 saturated carbocycles. The number of rotatable bonds is 15. The maximum Gasteiger partial charge on any atom is 0.407 e. The molecular weight excluding hydrogens is 304 g/mol. The van der Waals surface area contributed by atoms with Gasteiger partial charge in [0.2, 0.25) is 5.91 Å². The summed E-state index contributed by atoms with van der Waals surface area (Å²) in [6, 6.07) is 0. The third-order valence-corrected chi connectivity index (χ3v) is 2.50. The van der Waals surface area contributed by atoms with E-state index >= 15 is 0 Å². The maximum absolute atomic E-state index is 11.4. The number of alkyl carbamates (subject to hydrolysis) is 1. The summed E-state index contributed by atoms with van der Waals surface area (Å²) in [4.78, 5) is 22.5. The van der Waals surface area contributed by atoms with Gasteiger partial charge in [-0.05, 0) is 12.8 Å². The number of hydrogen-bond donors (Lipinski definition) is 2. The number of nitrogens with one attached hydrogen (secondary N) is 2. The fourth-order valence-corrected chi connectivity index (χ4v) is 1.42. The minimum atomic E-state index is -0.472. The zero-order valence-electron chi connectivity index (χ0n) is 14.2. The van der Waals surface area contributed by atoms with E-state index in [0.29, 0.717) is 32.9 Å². The molecule has 2 amide bonds. The molecule has 8 heteroatoms. The fourth-order valence-electron chi connectivity index (χ4n) is 1.42. The Morgan fingerprint density at radius 3 is 2.13 bits per heavy atom. The van der Waals surface area contributed by atoms with E-state index < -0.39 is 6.09 Å². The van der Waals surface area contributed by atoms with Crippen LogP contribution in [0.4, 0.5) is 4.79 Å². The Balaban J connectivity index is 3.26. The highest BCUT2D eigenvalue weighted by molar-refractivity contribution is 5.77. The van der Waals surface area contributed by atoms with Gasteiger partial charge in [-0.1, -0.05) is 13.8 Å². The summed E-state index contributed by atoms with van der Waals surface area (Å²) in [7, 11) is 0. The largest absolute Gasteiger partial charge is 0.447 e. The first-order valence-electron chi connectivity index (χ1n) is 8.11. The van der Waals surface area contributed by atoms with Crippen molar-refractivity contribution >= 4 is 12.0 Å². The standard InChI is InChI=1S/C15H30N2O6/c1-3-5-17-15(19)23-12-11-22-13-14(18)16-6-8-21-10-9-20-7-4-2/h3-13H2,1-2H3,(H,16,18)(H,17,19). The molecule has 0 atom stereocenters. The van der Waals surface area contributed by atoms with Crippen LogP contribution in [0, 0.1) is 0 Å². The lowest BCUT2D eigenvalue weighted by Gasteiger charge is -2.08. The quantitative estimate of drug-likeness (QED) is 0.428. The van der Waals surface area contributed by atoms with Gasteiger partial charge in [-0.3, -0.25) is 4.79 Å².